The molecule has 0 saturated carbocycles. The number of rotatable bonds is 33. The Morgan fingerprint density at radius 2 is 1.34 bits per heavy atom. The average Bonchev–Trinajstić information content (AvgIpc) is 3.78. The van der Waals surface area contributed by atoms with Crippen LogP contribution in [0.2, 0.25) is 0 Å². The van der Waals surface area contributed by atoms with E-state index < -0.39 is 75.4 Å². The second-order valence-electron chi connectivity index (χ2n) is 19.8. The summed E-state index contributed by atoms with van der Waals surface area (Å²) in [5, 5.41) is 1.17. The van der Waals surface area contributed by atoms with Gasteiger partial charge in [-0.1, -0.05) is 33.3 Å². The Morgan fingerprint density at radius 1 is 0.747 bits per heavy atom. The number of ether oxygens (including phenoxy) is 5. The molecule has 1 atom stereocenters. The molecule has 1 saturated heterocycles. The number of hydrogen-bond donors (Lipinski definition) is 0. The third-order valence-corrected chi connectivity index (χ3v) is 15.3. The third-order valence-electron chi connectivity index (χ3n) is 12.9. The van der Waals surface area contributed by atoms with Crippen molar-refractivity contribution in [2.24, 2.45) is 0 Å². The fourth-order valence-corrected chi connectivity index (χ4v) is 10.5. The SMILES string of the molecule is COCCOCCOCCOCCOCC[N+](CCCS(=O)(=O)[O-])=c1ccc2c(C(C)(C)C)cc(/C=C/C=C3/N(CCCCCC(=O)ON4C(=O)CCC4=O)c4ccc(S(=O)(=O)[O-])cc4C3(C)CCCS(=O)(=O)[O-])oc-2c1.[Na+].[Na+]. The summed E-state index contributed by atoms with van der Waals surface area (Å²) in [6.07, 6.45) is 6.36. The maximum atomic E-state index is 12.5. The molecule has 27 heteroatoms. The predicted molar refractivity (Wildman–Crippen MR) is 279 cm³/mol. The van der Waals surface area contributed by atoms with Gasteiger partial charge in [-0.2, -0.15) is 0 Å². The molecule has 1 aliphatic carbocycles. The van der Waals surface area contributed by atoms with Crippen LogP contribution in [0.1, 0.15) is 102 Å². The summed E-state index contributed by atoms with van der Waals surface area (Å²) in [6.45, 7) is 12.3. The van der Waals surface area contributed by atoms with E-state index in [1.54, 1.807) is 32.3 Å². The third kappa shape index (κ3) is 22.6. The molecular formula is C52H71N3Na2O19S3. The quantitative estimate of drug-likeness (QED) is 0.0213. The summed E-state index contributed by atoms with van der Waals surface area (Å²) >= 11 is 0. The largest absolute Gasteiger partial charge is 1.00 e. The molecule has 1 unspecified atom stereocenters. The Balaban J connectivity index is 0.00000820. The molecule has 22 nitrogen and oxygen atoms in total. The van der Waals surface area contributed by atoms with Gasteiger partial charge in [0, 0.05) is 79.3 Å². The van der Waals surface area contributed by atoms with Crippen molar-refractivity contribution >= 4 is 59.9 Å². The zero-order valence-corrected chi connectivity index (χ0v) is 52.8. The first-order chi connectivity index (χ1) is 36.3. The minimum atomic E-state index is -4.93. The first kappa shape index (κ1) is 70.3. The van der Waals surface area contributed by atoms with Gasteiger partial charge in [0.1, 0.15) is 34.8 Å². The molecule has 1 aromatic carbocycles. The van der Waals surface area contributed by atoms with Gasteiger partial charge in [-0.15, -0.1) is 5.06 Å². The van der Waals surface area contributed by atoms with Gasteiger partial charge in [-0.25, -0.2) is 34.6 Å². The molecule has 3 aliphatic heterocycles. The van der Waals surface area contributed by atoms with Crippen LogP contribution in [0.25, 0.3) is 17.4 Å². The minimum absolute atomic E-state index is 0. The van der Waals surface area contributed by atoms with Gasteiger partial charge >= 0.3 is 65.1 Å². The van der Waals surface area contributed by atoms with Crippen molar-refractivity contribution in [2.45, 2.75) is 101 Å². The number of hydroxylamine groups is 2. The maximum Gasteiger partial charge on any atom is 1.00 e. The van der Waals surface area contributed by atoms with Crippen molar-refractivity contribution in [3.63, 3.8) is 0 Å². The predicted octanol–water partition coefficient (Wildman–Crippen LogP) is -1.82. The second-order valence-corrected chi connectivity index (χ2v) is 24.2. The molecule has 0 N–H and O–H groups in total. The molecule has 1 aromatic rings. The molecule has 4 aliphatic rings. The van der Waals surface area contributed by atoms with Crippen LogP contribution in [0.3, 0.4) is 0 Å². The van der Waals surface area contributed by atoms with E-state index in [0.717, 1.165) is 11.1 Å². The fraction of sp³-hybridized carbons (Fsp3) is 0.577. The molecule has 0 bridgehead atoms. The smallest absolute Gasteiger partial charge is 0.748 e. The number of unbranched alkanes of at least 4 members (excludes halogenated alkanes) is 2. The van der Waals surface area contributed by atoms with Crippen molar-refractivity contribution in [1.29, 1.82) is 0 Å². The second kappa shape index (κ2) is 32.8. The molecule has 0 spiro atoms. The molecule has 5 rings (SSSR count). The van der Waals surface area contributed by atoms with Crippen LogP contribution < -0.4 is 73.9 Å². The van der Waals surface area contributed by atoms with Crippen LogP contribution in [0.4, 0.5) is 5.69 Å². The molecule has 0 radical (unpaired) electrons. The molecule has 3 heterocycles. The summed E-state index contributed by atoms with van der Waals surface area (Å²) in [7, 11) is -12.4. The number of carbonyl (C=O) groups excluding carboxylic acids is 3. The van der Waals surface area contributed by atoms with E-state index in [-0.39, 0.29) is 117 Å². The molecule has 0 aromatic heterocycles. The van der Waals surface area contributed by atoms with E-state index >= 15 is 0 Å². The van der Waals surface area contributed by atoms with E-state index in [0.29, 0.717) is 117 Å². The Morgan fingerprint density at radius 3 is 1.92 bits per heavy atom. The molecule has 2 amide bonds. The Kier molecular flexibility index (Phi) is 29.2. The number of carbonyl (C=O) groups is 3. The summed E-state index contributed by atoms with van der Waals surface area (Å²) in [5.41, 5.74) is 1.77. The van der Waals surface area contributed by atoms with Gasteiger partial charge in [0.25, 0.3) is 11.8 Å². The van der Waals surface area contributed by atoms with E-state index in [1.807, 2.05) is 54.5 Å². The number of anilines is 1. The zero-order valence-electron chi connectivity index (χ0n) is 46.4. The minimum Gasteiger partial charge on any atom is -0.748 e. The van der Waals surface area contributed by atoms with Crippen LogP contribution >= 0.6 is 0 Å². The van der Waals surface area contributed by atoms with Gasteiger partial charge in [0.2, 0.25) is 5.36 Å². The number of nitrogens with zero attached hydrogens (tertiary/aromatic N) is 3. The van der Waals surface area contributed by atoms with E-state index in [9.17, 15) is 53.3 Å². The van der Waals surface area contributed by atoms with Gasteiger partial charge in [0.15, 0.2) is 6.54 Å². The Labute approximate surface area is 508 Å². The number of methoxy groups -OCH3 is 1. The van der Waals surface area contributed by atoms with Crippen molar-refractivity contribution in [1.82, 2.24) is 9.64 Å². The molecule has 1 fully saturated rings. The van der Waals surface area contributed by atoms with Crippen molar-refractivity contribution in [2.75, 3.05) is 103 Å². The van der Waals surface area contributed by atoms with Crippen LogP contribution in [0, 0.1) is 0 Å². The summed E-state index contributed by atoms with van der Waals surface area (Å²) in [4.78, 5) is 42.8. The fourth-order valence-electron chi connectivity index (χ4n) is 9.02. The van der Waals surface area contributed by atoms with Crippen molar-refractivity contribution in [3.05, 3.63) is 82.6 Å². The monoisotopic (exact) mass is 1180 g/mol. The topological polar surface area (TPSA) is 301 Å². The number of amides is 2. The molecule has 79 heavy (non-hydrogen) atoms. The van der Waals surface area contributed by atoms with Gasteiger partial charge in [-0.05, 0) is 91.6 Å². The normalized spacial score (nSPS) is 16.9. The Hall–Kier alpha value is -2.93. The zero-order chi connectivity index (χ0) is 56.4. The van der Waals surface area contributed by atoms with Gasteiger partial charge in [-0.3, -0.25) is 9.59 Å². The van der Waals surface area contributed by atoms with Crippen LogP contribution in [-0.2, 0) is 84.1 Å². The van der Waals surface area contributed by atoms with Crippen LogP contribution in [0.5, 0.6) is 0 Å². The first-order valence-corrected chi connectivity index (χ1v) is 30.0. The van der Waals surface area contributed by atoms with Crippen LogP contribution in [0.15, 0.2) is 69.6 Å². The van der Waals surface area contributed by atoms with E-state index in [4.69, 9.17) is 32.9 Å². The Bertz CT molecular complexity index is 2950. The van der Waals surface area contributed by atoms with Crippen molar-refractivity contribution in [3.8, 4) is 11.3 Å². The number of benzene rings is 2. The summed E-state index contributed by atoms with van der Waals surface area (Å²) < 4.78 is 143. The number of hydrogen-bond acceptors (Lipinski definition) is 20. The van der Waals surface area contributed by atoms with Gasteiger partial charge in [0.05, 0.1) is 84.1 Å². The van der Waals surface area contributed by atoms with E-state index in [2.05, 4.69) is 0 Å². The summed E-state index contributed by atoms with van der Waals surface area (Å²) in [6, 6.07) is 11.5. The first-order valence-electron chi connectivity index (χ1n) is 25.5. The van der Waals surface area contributed by atoms with Crippen molar-refractivity contribution < 1.29 is 145 Å². The maximum absolute atomic E-state index is 12.5. The molecule has 428 valence electrons. The van der Waals surface area contributed by atoms with Gasteiger partial charge < -0.3 is 51.5 Å². The standard InChI is InChI=1S/C52H73N3O19S3.2Na/c1-51(2,3)43-37-40(73-46-36-39(15-17-42(43)46)53(22-11-35-76(62,63)64)24-25-69-28-29-71-32-33-72-31-30-70-27-26-68-5)12-9-13-47-52(4,21-10-34-75(59,60)61)44-38-41(77(65,66)67)16-18-45(44)54(47)23-8-6-7-14-50(58)74-55-48(56)19-20-49(55)57;;/h9,12-13,15-18,36-38H,6-8,10-11,14,19-35H2,1-5H3,(H2-,59,60,61,62,63,64,65,66,67);;/q;2*+1/p-2. The number of allylic oxidation sites excluding steroid dienone is 3. The average molecular weight is 1180 g/mol. The molecular weight excluding hydrogens is 1110 g/mol. The van der Waals surface area contributed by atoms with E-state index in [1.165, 1.54) is 18.2 Å². The van der Waals surface area contributed by atoms with Crippen LogP contribution in [-0.4, -0.2) is 159 Å². The summed E-state index contributed by atoms with van der Waals surface area (Å²) in [5.74, 6) is -2.26. The number of imide groups is 1. The number of fused-ring (bicyclic) bond motifs is 2.